The molecule has 3 heterocycles. The van der Waals surface area contributed by atoms with Crippen molar-refractivity contribution in [1.29, 1.82) is 0 Å². The first kappa shape index (κ1) is 17.5. The maximum atomic E-state index is 12.6. The molecule has 1 saturated heterocycles. The van der Waals surface area contributed by atoms with Crippen molar-refractivity contribution in [3.63, 3.8) is 0 Å². The molecule has 1 atom stereocenters. The van der Waals surface area contributed by atoms with E-state index >= 15 is 0 Å². The summed E-state index contributed by atoms with van der Waals surface area (Å²) in [5.41, 5.74) is 1.72. The van der Waals surface area contributed by atoms with E-state index in [1.807, 2.05) is 11.0 Å². The van der Waals surface area contributed by atoms with Crippen molar-refractivity contribution in [2.45, 2.75) is 25.9 Å². The summed E-state index contributed by atoms with van der Waals surface area (Å²) in [6, 6.07) is 1.82. The van der Waals surface area contributed by atoms with Gasteiger partial charge in [0.25, 0.3) is 0 Å². The van der Waals surface area contributed by atoms with Crippen LogP contribution in [0.3, 0.4) is 0 Å². The van der Waals surface area contributed by atoms with Gasteiger partial charge in [-0.3, -0.25) is 9.59 Å². The molecule has 0 radical (unpaired) electrons. The van der Waals surface area contributed by atoms with Crippen LogP contribution in [0.1, 0.15) is 18.9 Å². The number of pyridine rings is 1. The van der Waals surface area contributed by atoms with Gasteiger partial charge in [-0.1, -0.05) is 6.92 Å². The Morgan fingerprint density at radius 3 is 2.64 bits per heavy atom. The first-order chi connectivity index (χ1) is 11.8. The van der Waals surface area contributed by atoms with Crippen LogP contribution in [-0.2, 0) is 16.0 Å². The summed E-state index contributed by atoms with van der Waals surface area (Å²) in [7, 11) is 0. The van der Waals surface area contributed by atoms with E-state index in [0.717, 1.165) is 18.2 Å². The van der Waals surface area contributed by atoms with Gasteiger partial charge in [-0.05, 0) is 6.07 Å². The van der Waals surface area contributed by atoms with Gasteiger partial charge >= 0.3 is 6.18 Å². The Hall–Kier alpha value is -2.32. The van der Waals surface area contributed by atoms with Crippen LogP contribution in [0, 0.1) is 5.92 Å². The fraction of sp³-hybridized carbons (Fsp3) is 0.562. The third kappa shape index (κ3) is 3.69. The molecule has 9 heteroatoms. The van der Waals surface area contributed by atoms with Crippen molar-refractivity contribution in [2.75, 3.05) is 36.4 Å². The van der Waals surface area contributed by atoms with Gasteiger partial charge in [0.15, 0.2) is 0 Å². The van der Waals surface area contributed by atoms with E-state index in [0.29, 0.717) is 32.0 Å². The molecule has 136 valence electrons. The molecule has 1 aromatic heterocycles. The number of rotatable bonds is 3. The van der Waals surface area contributed by atoms with Gasteiger partial charge < -0.3 is 15.1 Å². The van der Waals surface area contributed by atoms with Crippen molar-refractivity contribution in [3.8, 4) is 0 Å². The molecular formula is C16H19F3N4O2. The third-order valence-corrected chi connectivity index (χ3v) is 4.64. The monoisotopic (exact) mass is 356 g/mol. The number of carbonyl (C=O) groups is 2. The maximum absolute atomic E-state index is 12.6. The number of nitrogens with one attached hydrogen (secondary N) is 1. The lowest BCUT2D eigenvalue weighted by molar-refractivity contribution is -0.176. The molecular weight excluding hydrogens is 337 g/mol. The average Bonchev–Trinajstić information content (AvgIpc) is 2.94. The highest BCUT2D eigenvalue weighted by Gasteiger charge is 2.38. The lowest BCUT2D eigenvalue weighted by atomic mass is 10.1. The molecule has 0 aliphatic carbocycles. The van der Waals surface area contributed by atoms with E-state index in [2.05, 4.69) is 10.3 Å². The predicted molar refractivity (Wildman–Crippen MR) is 85.2 cm³/mol. The molecule has 1 aromatic rings. The van der Waals surface area contributed by atoms with Crippen molar-refractivity contribution >= 4 is 23.3 Å². The molecule has 0 bridgehead atoms. The predicted octanol–water partition coefficient (Wildman–Crippen LogP) is 1.81. The van der Waals surface area contributed by atoms with Crippen LogP contribution < -0.4 is 10.2 Å². The van der Waals surface area contributed by atoms with Crippen LogP contribution in [0.4, 0.5) is 24.7 Å². The minimum atomic E-state index is -4.35. The molecule has 1 unspecified atom stereocenters. The Morgan fingerprint density at radius 1 is 1.32 bits per heavy atom. The number of alkyl halides is 3. The molecule has 0 spiro atoms. The molecule has 2 amide bonds. The standard InChI is InChI=1S/C16H19F3N4O2/c1-10(16(17,18)19)8-14(25)23-6-4-22(5-7-23)12-2-3-20-15-11(12)9-13(24)21-15/h2-3,10H,4-9H2,1H3,(H,20,21,24). The van der Waals surface area contributed by atoms with Crippen LogP contribution in [-0.4, -0.2) is 54.1 Å². The van der Waals surface area contributed by atoms with Gasteiger partial charge in [0.05, 0.1) is 12.3 Å². The zero-order valence-corrected chi connectivity index (χ0v) is 13.8. The third-order valence-electron chi connectivity index (χ3n) is 4.64. The largest absolute Gasteiger partial charge is 0.392 e. The smallest absolute Gasteiger partial charge is 0.368 e. The summed E-state index contributed by atoms with van der Waals surface area (Å²) >= 11 is 0. The number of hydrogen-bond acceptors (Lipinski definition) is 4. The Bertz CT molecular complexity index is 684. The van der Waals surface area contributed by atoms with Crippen LogP contribution in [0.2, 0.25) is 0 Å². The fourth-order valence-electron chi connectivity index (χ4n) is 3.10. The maximum Gasteiger partial charge on any atom is 0.392 e. The van der Waals surface area contributed by atoms with Gasteiger partial charge in [-0.25, -0.2) is 4.98 Å². The second kappa shape index (κ2) is 6.53. The van der Waals surface area contributed by atoms with Gasteiger partial charge in [-0.2, -0.15) is 13.2 Å². The second-order valence-electron chi connectivity index (χ2n) is 6.40. The number of anilines is 2. The van der Waals surface area contributed by atoms with Crippen molar-refractivity contribution in [2.24, 2.45) is 5.92 Å². The van der Waals surface area contributed by atoms with E-state index in [9.17, 15) is 22.8 Å². The van der Waals surface area contributed by atoms with Crippen molar-refractivity contribution < 1.29 is 22.8 Å². The number of fused-ring (bicyclic) bond motifs is 1. The molecule has 2 aliphatic rings. The van der Waals surface area contributed by atoms with Crippen LogP contribution in [0.5, 0.6) is 0 Å². The number of piperazine rings is 1. The first-order valence-corrected chi connectivity index (χ1v) is 8.13. The van der Waals surface area contributed by atoms with Crippen molar-refractivity contribution in [3.05, 3.63) is 17.8 Å². The first-order valence-electron chi connectivity index (χ1n) is 8.13. The van der Waals surface area contributed by atoms with Crippen LogP contribution in [0.15, 0.2) is 12.3 Å². The summed E-state index contributed by atoms with van der Waals surface area (Å²) in [5.74, 6) is -1.66. The zero-order chi connectivity index (χ0) is 18.2. The summed E-state index contributed by atoms with van der Waals surface area (Å²) in [6.45, 7) is 2.77. The molecule has 3 rings (SSSR count). The fourth-order valence-corrected chi connectivity index (χ4v) is 3.10. The van der Waals surface area contributed by atoms with Gasteiger partial charge in [0, 0.05) is 50.0 Å². The Balaban J connectivity index is 1.61. The van der Waals surface area contributed by atoms with E-state index < -0.39 is 24.4 Å². The summed E-state index contributed by atoms with van der Waals surface area (Å²) in [4.78, 5) is 31.3. The molecule has 1 fully saturated rings. The highest BCUT2D eigenvalue weighted by atomic mass is 19.4. The lowest BCUT2D eigenvalue weighted by Gasteiger charge is -2.37. The molecule has 25 heavy (non-hydrogen) atoms. The number of nitrogens with zero attached hydrogens (tertiary/aromatic N) is 3. The van der Waals surface area contributed by atoms with E-state index in [1.54, 1.807) is 6.20 Å². The SMILES string of the molecule is CC(CC(=O)N1CCN(c2ccnc3c2CC(=O)N3)CC1)C(F)(F)F. The van der Waals surface area contributed by atoms with Crippen molar-refractivity contribution in [1.82, 2.24) is 9.88 Å². The van der Waals surface area contributed by atoms with E-state index in [-0.39, 0.29) is 12.3 Å². The molecule has 0 saturated carbocycles. The molecule has 0 aromatic carbocycles. The van der Waals surface area contributed by atoms with E-state index in [1.165, 1.54) is 4.90 Å². The summed E-state index contributed by atoms with van der Waals surface area (Å²) < 4.78 is 37.8. The summed E-state index contributed by atoms with van der Waals surface area (Å²) in [5, 5.41) is 2.69. The van der Waals surface area contributed by atoms with E-state index in [4.69, 9.17) is 0 Å². The minimum Gasteiger partial charge on any atom is -0.368 e. The number of aromatic nitrogens is 1. The second-order valence-corrected chi connectivity index (χ2v) is 6.40. The van der Waals surface area contributed by atoms with Gasteiger partial charge in [0.2, 0.25) is 11.8 Å². The van der Waals surface area contributed by atoms with Crippen LogP contribution in [0.25, 0.3) is 0 Å². The lowest BCUT2D eigenvalue weighted by Crippen LogP contribution is -2.49. The minimum absolute atomic E-state index is 0.107. The summed E-state index contributed by atoms with van der Waals surface area (Å²) in [6.07, 6.45) is -3.00. The van der Waals surface area contributed by atoms with Crippen LogP contribution >= 0.6 is 0 Å². The number of hydrogen-bond donors (Lipinski definition) is 1. The number of carbonyl (C=O) groups excluding carboxylic acids is 2. The Labute approximate surface area is 143 Å². The molecule has 6 nitrogen and oxygen atoms in total. The highest BCUT2D eigenvalue weighted by Crippen LogP contribution is 2.32. The number of halogens is 3. The normalized spacial score (nSPS) is 18.8. The van der Waals surface area contributed by atoms with Gasteiger partial charge in [0.1, 0.15) is 5.82 Å². The van der Waals surface area contributed by atoms with Gasteiger partial charge in [-0.15, -0.1) is 0 Å². The average molecular weight is 356 g/mol. The molecule has 1 N–H and O–H groups in total. The quantitative estimate of drug-likeness (QED) is 0.897. The Morgan fingerprint density at radius 2 is 2.00 bits per heavy atom. The highest BCUT2D eigenvalue weighted by molar-refractivity contribution is 6.00. The topological polar surface area (TPSA) is 65.5 Å². The Kier molecular flexibility index (Phi) is 4.57. The molecule has 2 aliphatic heterocycles. The number of amides is 2. The zero-order valence-electron chi connectivity index (χ0n) is 13.8.